The van der Waals surface area contributed by atoms with Crippen molar-refractivity contribution in [2.45, 2.75) is 19.3 Å². The first-order valence-corrected chi connectivity index (χ1v) is 13.2. The number of aromatic amines is 1. The van der Waals surface area contributed by atoms with E-state index in [1.807, 2.05) is 42.5 Å². The zero-order valence-corrected chi connectivity index (χ0v) is 21.3. The van der Waals surface area contributed by atoms with Gasteiger partial charge in [0.05, 0.1) is 22.5 Å². The Morgan fingerprint density at radius 1 is 0.921 bits per heavy atom. The number of unbranched alkanes of at least 4 members (excludes halogenated alkanes) is 1. The Kier molecular flexibility index (Phi) is 6.63. The predicted octanol–water partition coefficient (Wildman–Crippen LogP) is 4.88. The molecule has 38 heavy (non-hydrogen) atoms. The second-order valence-corrected chi connectivity index (χ2v) is 9.92. The fourth-order valence-corrected chi connectivity index (χ4v) is 5.44. The third-order valence-corrected chi connectivity index (χ3v) is 7.60. The average Bonchev–Trinajstić information content (AvgIpc) is 3.38. The molecule has 6 rings (SSSR count). The molecule has 190 valence electrons. The van der Waals surface area contributed by atoms with Crippen LogP contribution in [0.15, 0.2) is 84.0 Å². The zero-order chi connectivity index (χ0) is 25.9. The standard InChI is InChI=1S/C31H30N6O/c32-21-23-6-11-29-28(20-23)24(22-34-29)4-1-2-14-35-16-18-36(19-17-35)25-7-9-26(10-8-25)37-15-12-30-27(31(37)38)5-3-13-33-30/h3,5-13,15,20,22,34H,1-2,4,14,16-19H2. The summed E-state index contributed by atoms with van der Waals surface area (Å²) in [6.45, 7) is 5.22. The van der Waals surface area contributed by atoms with Crippen LogP contribution in [0.1, 0.15) is 24.0 Å². The SMILES string of the molecule is N#Cc1ccc2[nH]cc(CCCCN3CCN(c4ccc(-n5ccc6ncccc6c5=O)cc4)CC3)c2c1. The maximum absolute atomic E-state index is 12.9. The molecule has 0 radical (unpaired) electrons. The number of rotatable bonds is 7. The second-order valence-electron chi connectivity index (χ2n) is 9.92. The van der Waals surface area contributed by atoms with Crippen LogP contribution in [0.5, 0.6) is 0 Å². The van der Waals surface area contributed by atoms with E-state index in [1.165, 1.54) is 16.6 Å². The topological polar surface area (TPSA) is 81.0 Å². The summed E-state index contributed by atoms with van der Waals surface area (Å²) in [5.74, 6) is 0. The highest BCUT2D eigenvalue weighted by Crippen LogP contribution is 2.22. The van der Waals surface area contributed by atoms with E-state index in [2.05, 4.69) is 44.2 Å². The Balaban J connectivity index is 1.00. The highest BCUT2D eigenvalue weighted by molar-refractivity contribution is 5.84. The lowest BCUT2D eigenvalue weighted by atomic mass is 10.1. The normalized spacial score (nSPS) is 14.2. The predicted molar refractivity (Wildman–Crippen MR) is 152 cm³/mol. The van der Waals surface area contributed by atoms with Gasteiger partial charge in [-0.25, -0.2) is 0 Å². The summed E-state index contributed by atoms with van der Waals surface area (Å²) in [7, 11) is 0. The number of nitriles is 1. The number of H-pyrrole nitrogens is 1. The van der Waals surface area contributed by atoms with Crippen LogP contribution in [0.25, 0.3) is 27.5 Å². The van der Waals surface area contributed by atoms with Crippen molar-refractivity contribution in [1.82, 2.24) is 19.4 Å². The molecule has 0 atom stereocenters. The molecule has 0 bridgehead atoms. The average molecular weight is 503 g/mol. The van der Waals surface area contributed by atoms with E-state index in [-0.39, 0.29) is 5.56 Å². The number of hydrogen-bond acceptors (Lipinski definition) is 5. The van der Waals surface area contributed by atoms with Gasteiger partial charge in [-0.2, -0.15) is 5.26 Å². The summed E-state index contributed by atoms with van der Waals surface area (Å²) < 4.78 is 1.68. The quantitative estimate of drug-likeness (QED) is 0.321. The molecule has 1 N–H and O–H groups in total. The van der Waals surface area contributed by atoms with Gasteiger partial charge in [0, 0.05) is 67.0 Å². The third kappa shape index (κ3) is 4.79. The smallest absolute Gasteiger partial charge is 0.264 e. The maximum atomic E-state index is 12.9. The summed E-state index contributed by atoms with van der Waals surface area (Å²) in [6, 6.07) is 21.9. The number of nitrogens with zero attached hydrogens (tertiary/aromatic N) is 5. The minimum Gasteiger partial charge on any atom is -0.369 e. The van der Waals surface area contributed by atoms with Crippen LogP contribution in [-0.4, -0.2) is 52.2 Å². The Hall–Kier alpha value is -4.41. The van der Waals surface area contributed by atoms with Gasteiger partial charge in [-0.15, -0.1) is 0 Å². The molecular weight excluding hydrogens is 472 g/mol. The van der Waals surface area contributed by atoms with Gasteiger partial charge < -0.3 is 9.88 Å². The van der Waals surface area contributed by atoms with Gasteiger partial charge in [0.25, 0.3) is 5.56 Å². The molecule has 1 aliphatic rings. The zero-order valence-electron chi connectivity index (χ0n) is 21.3. The summed E-state index contributed by atoms with van der Waals surface area (Å²) in [5, 5.41) is 11.0. The molecule has 0 aliphatic carbocycles. The number of aromatic nitrogens is 3. The van der Waals surface area contributed by atoms with E-state index in [9.17, 15) is 10.1 Å². The minimum atomic E-state index is -0.0476. The molecule has 4 heterocycles. The van der Waals surface area contributed by atoms with E-state index < -0.39 is 0 Å². The van der Waals surface area contributed by atoms with Gasteiger partial charge in [0.1, 0.15) is 0 Å². The number of hydrogen-bond donors (Lipinski definition) is 1. The van der Waals surface area contributed by atoms with Gasteiger partial charge in [0.15, 0.2) is 0 Å². The van der Waals surface area contributed by atoms with Crippen molar-refractivity contribution < 1.29 is 0 Å². The van der Waals surface area contributed by atoms with Gasteiger partial charge >= 0.3 is 0 Å². The molecule has 1 fully saturated rings. The number of pyridine rings is 2. The van der Waals surface area contributed by atoms with Crippen LogP contribution in [0.2, 0.25) is 0 Å². The molecule has 1 saturated heterocycles. The van der Waals surface area contributed by atoms with E-state index in [0.717, 1.165) is 68.7 Å². The lowest BCUT2D eigenvalue weighted by Gasteiger charge is -2.36. The first kappa shape index (κ1) is 24.0. The lowest BCUT2D eigenvalue weighted by molar-refractivity contribution is 0.253. The molecule has 2 aromatic carbocycles. The first-order chi connectivity index (χ1) is 18.7. The summed E-state index contributed by atoms with van der Waals surface area (Å²) >= 11 is 0. The number of anilines is 1. The highest BCUT2D eigenvalue weighted by atomic mass is 16.1. The summed E-state index contributed by atoms with van der Waals surface area (Å²) in [4.78, 5) is 25.5. The fourth-order valence-electron chi connectivity index (χ4n) is 5.44. The number of piperazine rings is 1. The summed E-state index contributed by atoms with van der Waals surface area (Å²) in [6.07, 6.45) is 8.92. The van der Waals surface area contributed by atoms with E-state index in [4.69, 9.17) is 0 Å². The molecule has 0 amide bonds. The van der Waals surface area contributed by atoms with Crippen molar-refractivity contribution in [3.63, 3.8) is 0 Å². The van der Waals surface area contributed by atoms with Gasteiger partial charge in [-0.3, -0.25) is 19.2 Å². The molecule has 1 aliphatic heterocycles. The molecule has 7 nitrogen and oxygen atoms in total. The molecule has 7 heteroatoms. The Labute approximate surface area is 221 Å². The minimum absolute atomic E-state index is 0.0476. The monoisotopic (exact) mass is 502 g/mol. The van der Waals surface area contributed by atoms with Gasteiger partial charge in [0.2, 0.25) is 0 Å². The third-order valence-electron chi connectivity index (χ3n) is 7.60. The van der Waals surface area contributed by atoms with Gasteiger partial charge in [-0.1, -0.05) is 0 Å². The number of fused-ring (bicyclic) bond motifs is 2. The van der Waals surface area contributed by atoms with Crippen LogP contribution in [0.3, 0.4) is 0 Å². The van der Waals surface area contributed by atoms with Crippen molar-refractivity contribution in [3.8, 4) is 11.8 Å². The summed E-state index contributed by atoms with van der Waals surface area (Å²) in [5.41, 5.74) is 5.84. The van der Waals surface area contributed by atoms with E-state index >= 15 is 0 Å². The van der Waals surface area contributed by atoms with Crippen molar-refractivity contribution in [2.75, 3.05) is 37.6 Å². The van der Waals surface area contributed by atoms with Crippen LogP contribution >= 0.6 is 0 Å². The van der Waals surface area contributed by atoms with Crippen molar-refractivity contribution in [2.24, 2.45) is 0 Å². The molecule has 3 aromatic heterocycles. The number of nitrogens with one attached hydrogen (secondary N) is 1. The van der Waals surface area contributed by atoms with Crippen molar-refractivity contribution in [3.05, 3.63) is 101 Å². The Morgan fingerprint density at radius 3 is 2.55 bits per heavy atom. The second kappa shape index (κ2) is 10.5. The van der Waals surface area contributed by atoms with Gasteiger partial charge in [-0.05, 0) is 92.0 Å². The molecular formula is C31H30N6O. The van der Waals surface area contributed by atoms with Crippen molar-refractivity contribution >= 4 is 27.5 Å². The fraction of sp³-hybridized carbons (Fsp3) is 0.258. The lowest BCUT2D eigenvalue weighted by Crippen LogP contribution is -2.46. The number of benzene rings is 2. The largest absolute Gasteiger partial charge is 0.369 e. The number of aryl methyl sites for hydroxylation is 1. The molecule has 0 unspecified atom stereocenters. The van der Waals surface area contributed by atoms with E-state index in [1.54, 1.807) is 23.0 Å². The van der Waals surface area contributed by atoms with Crippen LogP contribution < -0.4 is 10.5 Å². The maximum Gasteiger partial charge on any atom is 0.264 e. The highest BCUT2D eigenvalue weighted by Gasteiger charge is 2.17. The van der Waals surface area contributed by atoms with Crippen LogP contribution in [0, 0.1) is 11.3 Å². The molecule has 0 saturated carbocycles. The molecule has 5 aromatic rings. The van der Waals surface area contributed by atoms with Crippen molar-refractivity contribution in [1.29, 1.82) is 5.26 Å². The Bertz CT molecular complexity index is 1670. The van der Waals surface area contributed by atoms with Crippen LogP contribution in [-0.2, 0) is 6.42 Å². The molecule has 0 spiro atoms. The van der Waals surface area contributed by atoms with Crippen LogP contribution in [0.4, 0.5) is 5.69 Å². The Morgan fingerprint density at radius 2 is 1.74 bits per heavy atom. The van der Waals surface area contributed by atoms with E-state index in [0.29, 0.717) is 10.9 Å². The first-order valence-electron chi connectivity index (χ1n) is 13.2.